The molecule has 0 fully saturated rings. The molecule has 1 N–H and O–H groups in total. The van der Waals surface area contributed by atoms with Crippen molar-refractivity contribution in [1.29, 1.82) is 0 Å². The van der Waals surface area contributed by atoms with Crippen LogP contribution in [0, 0.1) is 20.8 Å². The van der Waals surface area contributed by atoms with Crippen molar-refractivity contribution in [2.75, 3.05) is 5.32 Å². The van der Waals surface area contributed by atoms with E-state index in [2.05, 4.69) is 35.5 Å². The summed E-state index contributed by atoms with van der Waals surface area (Å²) in [4.78, 5) is 12.5. The van der Waals surface area contributed by atoms with E-state index in [1.165, 1.54) is 11.1 Å². The molecule has 0 aliphatic rings. The minimum Gasteiger partial charge on any atom is -0.486 e. The van der Waals surface area contributed by atoms with Gasteiger partial charge in [-0.2, -0.15) is 5.10 Å². The number of rotatable bonds is 7. The molecule has 0 bridgehead atoms. The largest absolute Gasteiger partial charge is 0.486 e. The van der Waals surface area contributed by atoms with Crippen LogP contribution in [0.3, 0.4) is 0 Å². The zero-order valence-corrected chi connectivity index (χ0v) is 17.9. The maximum Gasteiger partial charge on any atom is 0.292 e. The van der Waals surface area contributed by atoms with Gasteiger partial charge in [-0.15, -0.1) is 0 Å². The van der Waals surface area contributed by atoms with E-state index in [1.54, 1.807) is 22.9 Å². The molecule has 0 radical (unpaired) electrons. The minimum absolute atomic E-state index is 0.215. The molecule has 0 spiro atoms. The average molecular weight is 415 g/mol. The number of carbonyl (C=O) groups is 1. The third-order valence-corrected chi connectivity index (χ3v) is 4.94. The number of amides is 1. The van der Waals surface area contributed by atoms with Crippen LogP contribution in [-0.4, -0.2) is 15.7 Å². The van der Waals surface area contributed by atoms with Crippen LogP contribution in [-0.2, 0) is 13.2 Å². The lowest BCUT2D eigenvalue weighted by molar-refractivity contribution is 0.0992. The van der Waals surface area contributed by atoms with Gasteiger partial charge in [0.2, 0.25) is 0 Å². The number of hydrogen-bond acceptors (Lipinski definition) is 4. The molecule has 6 nitrogen and oxygen atoms in total. The standard InChI is InChI=1S/C25H25N3O3/c1-17-12-18(2)14-22(13-17)30-16-21-8-9-23(31-21)25(29)26-24-10-11-28(27-24)15-20-7-5-4-6-19(20)3/h4-14H,15-16H2,1-3H3,(H,26,27,29). The van der Waals surface area contributed by atoms with E-state index in [0.29, 0.717) is 18.1 Å². The summed E-state index contributed by atoms with van der Waals surface area (Å²) in [5, 5.41) is 7.21. The first-order chi connectivity index (χ1) is 15.0. The third kappa shape index (κ3) is 5.22. The molecule has 158 valence electrons. The molecule has 0 saturated carbocycles. The number of carbonyl (C=O) groups excluding carboxylic acids is 1. The van der Waals surface area contributed by atoms with E-state index in [-0.39, 0.29) is 18.3 Å². The molecule has 0 atom stereocenters. The fourth-order valence-corrected chi connectivity index (χ4v) is 3.40. The van der Waals surface area contributed by atoms with Crippen molar-refractivity contribution >= 4 is 11.7 Å². The van der Waals surface area contributed by atoms with Crippen molar-refractivity contribution in [2.45, 2.75) is 33.9 Å². The van der Waals surface area contributed by atoms with Crippen LogP contribution in [0.2, 0.25) is 0 Å². The van der Waals surface area contributed by atoms with Crippen LogP contribution in [0.1, 0.15) is 38.6 Å². The smallest absolute Gasteiger partial charge is 0.292 e. The number of anilines is 1. The molecule has 1 amide bonds. The highest BCUT2D eigenvalue weighted by atomic mass is 16.5. The molecule has 0 saturated heterocycles. The van der Waals surface area contributed by atoms with Gasteiger partial charge < -0.3 is 14.5 Å². The van der Waals surface area contributed by atoms with Gasteiger partial charge in [-0.3, -0.25) is 9.48 Å². The lowest BCUT2D eigenvalue weighted by Crippen LogP contribution is -2.12. The fourth-order valence-electron chi connectivity index (χ4n) is 3.40. The van der Waals surface area contributed by atoms with E-state index in [1.807, 2.05) is 44.3 Å². The van der Waals surface area contributed by atoms with E-state index < -0.39 is 0 Å². The summed E-state index contributed by atoms with van der Waals surface area (Å²) in [6, 6.07) is 19.3. The Labute approximate surface area is 181 Å². The molecule has 4 aromatic rings. The molecule has 0 aliphatic heterocycles. The topological polar surface area (TPSA) is 69.3 Å². The predicted molar refractivity (Wildman–Crippen MR) is 119 cm³/mol. The Kier molecular flexibility index (Phi) is 5.89. The molecule has 0 aliphatic carbocycles. The Bertz CT molecular complexity index is 1190. The van der Waals surface area contributed by atoms with Gasteiger partial charge >= 0.3 is 0 Å². The van der Waals surface area contributed by atoms with Gasteiger partial charge in [-0.05, 0) is 67.3 Å². The zero-order chi connectivity index (χ0) is 21.8. The summed E-state index contributed by atoms with van der Waals surface area (Å²) < 4.78 is 13.2. The molecule has 0 unspecified atom stereocenters. The van der Waals surface area contributed by atoms with Crippen LogP contribution < -0.4 is 10.1 Å². The van der Waals surface area contributed by atoms with Gasteiger partial charge in [0.1, 0.15) is 18.1 Å². The highest BCUT2D eigenvalue weighted by molar-refractivity contribution is 6.01. The highest BCUT2D eigenvalue weighted by Gasteiger charge is 2.13. The summed E-state index contributed by atoms with van der Waals surface area (Å²) in [6.45, 7) is 7.01. The van der Waals surface area contributed by atoms with Crippen LogP contribution in [0.25, 0.3) is 0 Å². The first-order valence-electron chi connectivity index (χ1n) is 10.2. The van der Waals surface area contributed by atoms with Crippen molar-refractivity contribution in [3.05, 3.63) is 101 Å². The van der Waals surface area contributed by atoms with Crippen LogP contribution in [0.15, 0.2) is 71.3 Å². The zero-order valence-electron chi connectivity index (χ0n) is 17.9. The summed E-state index contributed by atoms with van der Waals surface area (Å²) >= 11 is 0. The molecular weight excluding hydrogens is 390 g/mol. The lowest BCUT2D eigenvalue weighted by atomic mass is 10.1. The quantitative estimate of drug-likeness (QED) is 0.446. The normalized spacial score (nSPS) is 10.8. The van der Waals surface area contributed by atoms with Gasteiger partial charge in [0.25, 0.3) is 5.91 Å². The van der Waals surface area contributed by atoms with Crippen molar-refractivity contribution in [2.24, 2.45) is 0 Å². The van der Waals surface area contributed by atoms with Crippen LogP contribution >= 0.6 is 0 Å². The molecular formula is C25H25N3O3. The SMILES string of the molecule is Cc1cc(C)cc(OCc2ccc(C(=O)Nc3ccn(Cc4ccccc4C)n3)o2)c1. The van der Waals surface area contributed by atoms with E-state index in [0.717, 1.165) is 16.9 Å². The van der Waals surface area contributed by atoms with Crippen molar-refractivity contribution in [3.63, 3.8) is 0 Å². The highest BCUT2D eigenvalue weighted by Crippen LogP contribution is 2.19. The van der Waals surface area contributed by atoms with Crippen molar-refractivity contribution < 1.29 is 13.9 Å². The number of benzene rings is 2. The number of nitrogens with one attached hydrogen (secondary N) is 1. The van der Waals surface area contributed by atoms with Gasteiger partial charge in [-0.1, -0.05) is 30.3 Å². The predicted octanol–water partition coefficient (Wildman–Crippen LogP) is 5.28. The lowest BCUT2D eigenvalue weighted by Gasteiger charge is -2.06. The van der Waals surface area contributed by atoms with Gasteiger partial charge in [0, 0.05) is 12.3 Å². The Morgan fingerprint density at radius 3 is 2.58 bits per heavy atom. The number of furan rings is 1. The molecule has 6 heteroatoms. The number of ether oxygens (including phenoxy) is 1. The van der Waals surface area contributed by atoms with Crippen molar-refractivity contribution in [3.8, 4) is 5.75 Å². The maximum atomic E-state index is 12.5. The maximum absolute atomic E-state index is 12.5. The number of nitrogens with zero attached hydrogens (tertiary/aromatic N) is 2. The average Bonchev–Trinajstić information content (AvgIpc) is 3.37. The summed E-state index contributed by atoms with van der Waals surface area (Å²) in [6.07, 6.45) is 1.84. The van der Waals surface area contributed by atoms with Crippen molar-refractivity contribution in [1.82, 2.24) is 9.78 Å². The summed E-state index contributed by atoms with van der Waals surface area (Å²) in [5.41, 5.74) is 4.66. The van der Waals surface area contributed by atoms with E-state index in [9.17, 15) is 4.79 Å². The Morgan fingerprint density at radius 1 is 1.03 bits per heavy atom. The molecule has 2 aromatic carbocycles. The second-order valence-electron chi connectivity index (χ2n) is 7.66. The first kappa shape index (κ1) is 20.5. The fraction of sp³-hybridized carbons (Fsp3) is 0.200. The third-order valence-electron chi connectivity index (χ3n) is 4.94. The second-order valence-corrected chi connectivity index (χ2v) is 7.66. The Balaban J connectivity index is 1.35. The molecule has 31 heavy (non-hydrogen) atoms. The summed E-state index contributed by atoms with van der Waals surface area (Å²) in [5.74, 6) is 1.70. The monoisotopic (exact) mass is 415 g/mol. The van der Waals surface area contributed by atoms with Gasteiger partial charge in [0.05, 0.1) is 6.54 Å². The molecule has 2 heterocycles. The Morgan fingerprint density at radius 2 is 1.81 bits per heavy atom. The molecule has 2 aromatic heterocycles. The van der Waals surface area contributed by atoms with E-state index >= 15 is 0 Å². The first-order valence-corrected chi connectivity index (χ1v) is 10.2. The number of aromatic nitrogens is 2. The van der Waals surface area contributed by atoms with E-state index in [4.69, 9.17) is 9.15 Å². The Hall–Kier alpha value is -3.80. The number of hydrogen-bond donors (Lipinski definition) is 1. The van der Waals surface area contributed by atoms with Gasteiger partial charge in [-0.25, -0.2) is 0 Å². The van der Waals surface area contributed by atoms with Gasteiger partial charge in [0.15, 0.2) is 11.6 Å². The number of aryl methyl sites for hydroxylation is 3. The molecule has 4 rings (SSSR count). The second kappa shape index (κ2) is 8.92. The summed E-state index contributed by atoms with van der Waals surface area (Å²) in [7, 11) is 0. The van der Waals surface area contributed by atoms with Crippen LogP contribution in [0.4, 0.5) is 5.82 Å². The minimum atomic E-state index is -0.348. The van der Waals surface area contributed by atoms with Crippen LogP contribution in [0.5, 0.6) is 5.75 Å².